The Labute approximate surface area is 127 Å². The average Bonchev–Trinajstić information content (AvgIpc) is 2.37. The molecule has 2 aromatic carbocycles. The van der Waals surface area contributed by atoms with Crippen molar-refractivity contribution in [1.29, 1.82) is 0 Å². The molecule has 0 spiro atoms. The van der Waals surface area contributed by atoms with Crippen molar-refractivity contribution in [2.24, 2.45) is 0 Å². The molecule has 0 atom stereocenters. The predicted molar refractivity (Wildman–Crippen MR) is 82.5 cm³/mol. The first-order valence-corrected chi connectivity index (χ1v) is 7.91. The van der Waals surface area contributed by atoms with Gasteiger partial charge in [0.25, 0.3) is 10.0 Å². The van der Waals surface area contributed by atoms with E-state index in [-0.39, 0.29) is 15.6 Å². The van der Waals surface area contributed by atoms with Gasteiger partial charge in [-0.05, 0) is 43.2 Å². The molecule has 0 radical (unpaired) electrons. The van der Waals surface area contributed by atoms with E-state index in [1.54, 1.807) is 19.1 Å². The number of rotatable bonds is 3. The van der Waals surface area contributed by atoms with Gasteiger partial charge < -0.3 is 5.73 Å². The molecular weight excluding hydrogens is 315 g/mol. The second-order valence-corrected chi connectivity index (χ2v) is 6.79. The Morgan fingerprint density at radius 3 is 2.52 bits per heavy atom. The molecule has 2 aromatic rings. The predicted octanol–water partition coefficient (Wildman–Crippen LogP) is 3.48. The average molecular weight is 329 g/mol. The Kier molecular flexibility index (Phi) is 4.11. The van der Waals surface area contributed by atoms with Crippen molar-refractivity contribution in [2.45, 2.75) is 18.7 Å². The summed E-state index contributed by atoms with van der Waals surface area (Å²) in [5, 5.41) is -0.223. The highest BCUT2D eigenvalue weighted by Crippen LogP contribution is 2.29. The first kappa shape index (κ1) is 15.6. The van der Waals surface area contributed by atoms with Crippen LogP contribution in [-0.4, -0.2) is 8.42 Å². The zero-order chi connectivity index (χ0) is 15.8. The van der Waals surface area contributed by atoms with Crippen LogP contribution in [0.5, 0.6) is 0 Å². The standard InChI is InChI=1S/C14H14ClFN2O2S/c1-8-3-4-9(2)13(5-8)18-21(19,20)14-7-12(17)11(16)6-10(14)15/h3-7,18H,17H2,1-2H3. The van der Waals surface area contributed by atoms with Crippen molar-refractivity contribution >= 4 is 33.0 Å². The van der Waals surface area contributed by atoms with E-state index in [9.17, 15) is 12.8 Å². The second kappa shape index (κ2) is 5.54. The number of nitrogens with one attached hydrogen (secondary N) is 1. The maximum Gasteiger partial charge on any atom is 0.263 e. The van der Waals surface area contributed by atoms with Gasteiger partial charge >= 0.3 is 0 Å². The molecule has 0 saturated heterocycles. The molecule has 0 aliphatic carbocycles. The number of halogens is 2. The van der Waals surface area contributed by atoms with Crippen molar-refractivity contribution in [3.63, 3.8) is 0 Å². The van der Waals surface area contributed by atoms with Gasteiger partial charge in [-0.25, -0.2) is 12.8 Å². The van der Waals surface area contributed by atoms with Crippen LogP contribution in [0.2, 0.25) is 5.02 Å². The fourth-order valence-corrected chi connectivity index (χ4v) is 3.47. The third-order valence-corrected chi connectivity index (χ3v) is 4.81. The summed E-state index contributed by atoms with van der Waals surface area (Å²) in [4.78, 5) is -0.260. The molecule has 0 fully saturated rings. The van der Waals surface area contributed by atoms with Crippen LogP contribution in [0, 0.1) is 19.7 Å². The van der Waals surface area contributed by atoms with Crippen molar-refractivity contribution in [3.05, 3.63) is 52.3 Å². The molecule has 0 saturated carbocycles. The van der Waals surface area contributed by atoms with E-state index in [0.717, 1.165) is 23.3 Å². The van der Waals surface area contributed by atoms with Crippen LogP contribution in [0.15, 0.2) is 35.2 Å². The van der Waals surface area contributed by atoms with E-state index < -0.39 is 15.8 Å². The van der Waals surface area contributed by atoms with E-state index >= 15 is 0 Å². The lowest BCUT2D eigenvalue weighted by atomic mass is 10.1. The molecule has 7 heteroatoms. The van der Waals surface area contributed by atoms with Crippen LogP contribution in [-0.2, 0) is 10.0 Å². The summed E-state index contributed by atoms with van der Waals surface area (Å²) in [6.07, 6.45) is 0. The Morgan fingerprint density at radius 2 is 1.86 bits per heavy atom. The van der Waals surface area contributed by atoms with Gasteiger partial charge in [0.15, 0.2) is 0 Å². The van der Waals surface area contributed by atoms with Gasteiger partial charge in [-0.3, -0.25) is 4.72 Å². The first-order valence-electron chi connectivity index (χ1n) is 6.05. The topological polar surface area (TPSA) is 72.2 Å². The van der Waals surface area contributed by atoms with E-state index in [4.69, 9.17) is 17.3 Å². The van der Waals surface area contributed by atoms with E-state index in [1.165, 1.54) is 0 Å². The number of sulfonamides is 1. The van der Waals surface area contributed by atoms with Gasteiger partial charge in [0.2, 0.25) is 0 Å². The van der Waals surface area contributed by atoms with Gasteiger partial charge in [-0.15, -0.1) is 0 Å². The zero-order valence-corrected chi connectivity index (χ0v) is 13.0. The maximum absolute atomic E-state index is 13.3. The Balaban J connectivity index is 2.48. The molecule has 4 nitrogen and oxygen atoms in total. The molecule has 0 unspecified atom stereocenters. The Hall–Kier alpha value is -1.79. The summed E-state index contributed by atoms with van der Waals surface area (Å²) in [6.45, 7) is 3.62. The Bertz CT molecular complexity index is 807. The fourth-order valence-electron chi connectivity index (χ4n) is 1.80. The molecule has 0 bridgehead atoms. The third-order valence-electron chi connectivity index (χ3n) is 2.98. The zero-order valence-electron chi connectivity index (χ0n) is 11.4. The van der Waals surface area contributed by atoms with Crippen molar-refractivity contribution in [3.8, 4) is 0 Å². The minimum atomic E-state index is -3.95. The smallest absolute Gasteiger partial charge is 0.263 e. The van der Waals surface area contributed by atoms with Gasteiger partial charge in [-0.2, -0.15) is 0 Å². The van der Waals surface area contributed by atoms with Gasteiger partial charge in [0.1, 0.15) is 10.7 Å². The van der Waals surface area contributed by atoms with Crippen LogP contribution in [0.25, 0.3) is 0 Å². The van der Waals surface area contributed by atoms with Crippen LogP contribution < -0.4 is 10.5 Å². The first-order chi connectivity index (χ1) is 9.70. The lowest BCUT2D eigenvalue weighted by Crippen LogP contribution is -2.15. The molecule has 0 aliphatic rings. The number of benzene rings is 2. The van der Waals surface area contributed by atoms with Crippen molar-refractivity contribution in [1.82, 2.24) is 0 Å². The minimum absolute atomic E-state index is 0.223. The number of nitrogen functional groups attached to an aromatic ring is 1. The summed E-state index contributed by atoms with van der Waals surface area (Å²) in [7, 11) is -3.95. The minimum Gasteiger partial charge on any atom is -0.396 e. The monoisotopic (exact) mass is 328 g/mol. The maximum atomic E-state index is 13.3. The largest absolute Gasteiger partial charge is 0.396 e. The highest BCUT2D eigenvalue weighted by Gasteiger charge is 2.21. The Morgan fingerprint density at radius 1 is 1.19 bits per heavy atom. The molecule has 0 heterocycles. The molecule has 3 N–H and O–H groups in total. The number of hydrogen-bond donors (Lipinski definition) is 2. The summed E-state index contributed by atoms with van der Waals surface area (Å²) in [6, 6.07) is 7.26. The molecule has 2 rings (SSSR count). The van der Waals surface area contributed by atoms with Crippen LogP contribution >= 0.6 is 11.6 Å². The quantitative estimate of drug-likeness (QED) is 0.847. The third kappa shape index (κ3) is 3.28. The molecule has 112 valence electrons. The van der Waals surface area contributed by atoms with Crippen LogP contribution in [0.4, 0.5) is 15.8 Å². The number of hydrogen-bond acceptors (Lipinski definition) is 3. The SMILES string of the molecule is Cc1ccc(C)c(NS(=O)(=O)c2cc(N)c(F)cc2Cl)c1. The van der Waals surface area contributed by atoms with E-state index in [2.05, 4.69) is 4.72 Å². The number of anilines is 2. The van der Waals surface area contributed by atoms with Crippen LogP contribution in [0.3, 0.4) is 0 Å². The van der Waals surface area contributed by atoms with Crippen molar-refractivity contribution in [2.75, 3.05) is 10.5 Å². The second-order valence-electron chi connectivity index (χ2n) is 4.73. The lowest BCUT2D eigenvalue weighted by molar-refractivity contribution is 0.600. The molecule has 0 aliphatic heterocycles. The molecular formula is C14H14ClFN2O2S. The summed E-state index contributed by atoms with van der Waals surface area (Å²) < 4.78 is 40.5. The van der Waals surface area contributed by atoms with Gasteiger partial charge in [-0.1, -0.05) is 23.7 Å². The van der Waals surface area contributed by atoms with E-state index in [1.807, 2.05) is 13.0 Å². The van der Waals surface area contributed by atoms with E-state index in [0.29, 0.717) is 5.69 Å². The fraction of sp³-hybridized carbons (Fsp3) is 0.143. The van der Waals surface area contributed by atoms with Gasteiger partial charge in [0, 0.05) is 0 Å². The molecule has 21 heavy (non-hydrogen) atoms. The number of nitrogens with two attached hydrogens (primary N) is 1. The lowest BCUT2D eigenvalue weighted by Gasteiger charge is -2.13. The normalized spacial score (nSPS) is 11.4. The summed E-state index contributed by atoms with van der Waals surface area (Å²) in [5.74, 6) is -0.759. The summed E-state index contributed by atoms with van der Waals surface area (Å²) in [5.41, 5.74) is 7.23. The highest BCUT2D eigenvalue weighted by atomic mass is 35.5. The molecule has 0 amide bonds. The van der Waals surface area contributed by atoms with Crippen LogP contribution in [0.1, 0.15) is 11.1 Å². The highest BCUT2D eigenvalue weighted by molar-refractivity contribution is 7.92. The van der Waals surface area contributed by atoms with Gasteiger partial charge in [0.05, 0.1) is 16.4 Å². The van der Waals surface area contributed by atoms with Crippen molar-refractivity contribution < 1.29 is 12.8 Å². The summed E-state index contributed by atoms with van der Waals surface area (Å²) >= 11 is 5.81. The molecule has 0 aromatic heterocycles. The number of aryl methyl sites for hydroxylation is 2.